The van der Waals surface area contributed by atoms with Crippen LogP contribution in [-0.4, -0.2) is 45.6 Å². The SMILES string of the molecule is COc1ccc2c(c1)c(S(=O)(=O)c1ccc(F)cc1)cn2CCCN(C)C. The Labute approximate surface area is 158 Å². The summed E-state index contributed by atoms with van der Waals surface area (Å²) in [5.41, 5.74) is 0.829. The van der Waals surface area contributed by atoms with Gasteiger partial charge in [-0.25, -0.2) is 12.8 Å². The maximum absolute atomic E-state index is 13.2. The summed E-state index contributed by atoms with van der Waals surface area (Å²) in [5, 5.41) is 0.600. The van der Waals surface area contributed by atoms with Gasteiger partial charge in [0.15, 0.2) is 0 Å². The zero-order valence-corrected chi connectivity index (χ0v) is 16.5. The molecule has 0 amide bonds. The molecule has 3 aromatic rings. The van der Waals surface area contributed by atoms with Gasteiger partial charge in [0, 0.05) is 23.6 Å². The van der Waals surface area contributed by atoms with Gasteiger partial charge in [-0.15, -0.1) is 0 Å². The molecule has 0 aliphatic rings. The number of hydrogen-bond acceptors (Lipinski definition) is 4. The van der Waals surface area contributed by atoms with Crippen molar-refractivity contribution in [3.8, 4) is 5.75 Å². The summed E-state index contributed by atoms with van der Waals surface area (Å²) in [6.07, 6.45) is 2.55. The van der Waals surface area contributed by atoms with Crippen LogP contribution in [0.25, 0.3) is 10.9 Å². The van der Waals surface area contributed by atoms with Crippen molar-refractivity contribution in [1.82, 2.24) is 9.47 Å². The van der Waals surface area contributed by atoms with Crippen LogP contribution in [-0.2, 0) is 16.4 Å². The molecule has 1 heterocycles. The molecule has 0 aliphatic heterocycles. The van der Waals surface area contributed by atoms with Crippen molar-refractivity contribution in [2.45, 2.75) is 22.8 Å². The lowest BCUT2D eigenvalue weighted by Crippen LogP contribution is -2.14. The summed E-state index contributed by atoms with van der Waals surface area (Å²) in [5.74, 6) is 0.117. The van der Waals surface area contributed by atoms with Crippen molar-refractivity contribution in [3.63, 3.8) is 0 Å². The molecule has 0 unspecified atom stereocenters. The van der Waals surface area contributed by atoms with E-state index in [2.05, 4.69) is 4.90 Å². The third kappa shape index (κ3) is 3.99. The molecule has 7 heteroatoms. The predicted octanol–water partition coefficient (Wildman–Crippen LogP) is 3.57. The summed E-state index contributed by atoms with van der Waals surface area (Å²) in [6.45, 7) is 1.59. The molecule has 1 aromatic heterocycles. The molecular formula is C20H23FN2O3S. The molecule has 0 spiro atoms. The summed E-state index contributed by atoms with van der Waals surface area (Å²) in [6, 6.07) is 10.3. The number of aryl methyl sites for hydroxylation is 1. The average Bonchev–Trinajstić information content (AvgIpc) is 3.00. The third-order valence-electron chi connectivity index (χ3n) is 4.47. The van der Waals surface area contributed by atoms with Gasteiger partial charge >= 0.3 is 0 Å². The van der Waals surface area contributed by atoms with Crippen molar-refractivity contribution in [2.75, 3.05) is 27.7 Å². The van der Waals surface area contributed by atoms with Gasteiger partial charge in [0.2, 0.25) is 9.84 Å². The van der Waals surface area contributed by atoms with E-state index in [4.69, 9.17) is 4.74 Å². The van der Waals surface area contributed by atoms with Gasteiger partial charge in [-0.3, -0.25) is 0 Å². The first-order valence-corrected chi connectivity index (χ1v) is 10.1. The second-order valence-electron chi connectivity index (χ2n) is 6.68. The highest BCUT2D eigenvalue weighted by molar-refractivity contribution is 7.91. The van der Waals surface area contributed by atoms with Crippen LogP contribution in [0.2, 0.25) is 0 Å². The number of nitrogens with zero attached hydrogens (tertiary/aromatic N) is 2. The molecule has 0 saturated carbocycles. The molecule has 144 valence electrons. The zero-order chi connectivity index (χ0) is 19.6. The minimum atomic E-state index is -3.78. The van der Waals surface area contributed by atoms with E-state index in [0.717, 1.165) is 30.6 Å². The van der Waals surface area contributed by atoms with Crippen molar-refractivity contribution in [1.29, 1.82) is 0 Å². The Morgan fingerprint density at radius 1 is 1.11 bits per heavy atom. The topological polar surface area (TPSA) is 51.5 Å². The van der Waals surface area contributed by atoms with Crippen molar-refractivity contribution in [3.05, 3.63) is 54.5 Å². The lowest BCUT2D eigenvalue weighted by molar-refractivity contribution is 0.388. The van der Waals surface area contributed by atoms with Crippen molar-refractivity contribution >= 4 is 20.7 Å². The minimum Gasteiger partial charge on any atom is -0.497 e. The van der Waals surface area contributed by atoms with Crippen LogP contribution in [0.3, 0.4) is 0 Å². The highest BCUT2D eigenvalue weighted by Crippen LogP contribution is 2.33. The van der Waals surface area contributed by atoms with Gasteiger partial charge < -0.3 is 14.2 Å². The molecule has 3 rings (SSSR count). The summed E-state index contributed by atoms with van der Waals surface area (Å²) < 4.78 is 46.8. The van der Waals surface area contributed by atoms with Crippen molar-refractivity contribution < 1.29 is 17.5 Å². The van der Waals surface area contributed by atoms with E-state index in [0.29, 0.717) is 17.7 Å². The number of rotatable bonds is 7. The Bertz CT molecular complexity index is 1040. The van der Waals surface area contributed by atoms with Gasteiger partial charge in [-0.1, -0.05) is 0 Å². The van der Waals surface area contributed by atoms with Gasteiger partial charge in [-0.05, 0) is 69.5 Å². The average molecular weight is 390 g/mol. The van der Waals surface area contributed by atoms with E-state index in [-0.39, 0.29) is 9.79 Å². The molecule has 0 aliphatic carbocycles. The number of methoxy groups -OCH3 is 1. The lowest BCUT2D eigenvalue weighted by Gasteiger charge is -2.10. The second kappa shape index (κ2) is 7.70. The normalized spacial score (nSPS) is 12.0. The fourth-order valence-corrected chi connectivity index (χ4v) is 4.54. The molecule has 0 atom stereocenters. The van der Waals surface area contributed by atoms with E-state index in [1.807, 2.05) is 30.8 Å². The largest absolute Gasteiger partial charge is 0.497 e. The number of halogens is 1. The molecule has 0 radical (unpaired) electrons. The molecule has 2 aromatic carbocycles. The fraction of sp³-hybridized carbons (Fsp3) is 0.300. The number of hydrogen-bond donors (Lipinski definition) is 0. The smallest absolute Gasteiger partial charge is 0.208 e. The van der Waals surface area contributed by atoms with Crippen LogP contribution >= 0.6 is 0 Å². The Morgan fingerprint density at radius 2 is 1.81 bits per heavy atom. The number of sulfone groups is 1. The van der Waals surface area contributed by atoms with Gasteiger partial charge in [0.05, 0.1) is 16.9 Å². The molecule has 0 saturated heterocycles. The van der Waals surface area contributed by atoms with Crippen LogP contribution in [0.5, 0.6) is 5.75 Å². The lowest BCUT2D eigenvalue weighted by atomic mass is 10.2. The fourth-order valence-electron chi connectivity index (χ4n) is 3.07. The van der Waals surface area contributed by atoms with E-state index in [1.54, 1.807) is 19.4 Å². The van der Waals surface area contributed by atoms with E-state index in [1.165, 1.54) is 12.1 Å². The van der Waals surface area contributed by atoms with Crippen LogP contribution in [0.1, 0.15) is 6.42 Å². The van der Waals surface area contributed by atoms with Gasteiger partial charge in [0.1, 0.15) is 11.6 Å². The number of aromatic nitrogens is 1. The number of ether oxygens (including phenoxy) is 1. The Kier molecular flexibility index (Phi) is 5.53. The van der Waals surface area contributed by atoms with Crippen molar-refractivity contribution in [2.24, 2.45) is 0 Å². The molecule has 0 N–H and O–H groups in total. The number of benzene rings is 2. The number of fused-ring (bicyclic) bond motifs is 1. The zero-order valence-electron chi connectivity index (χ0n) is 15.6. The first-order chi connectivity index (χ1) is 12.8. The second-order valence-corrected chi connectivity index (χ2v) is 8.60. The monoisotopic (exact) mass is 390 g/mol. The van der Waals surface area contributed by atoms with Gasteiger partial charge in [0.25, 0.3) is 0 Å². The minimum absolute atomic E-state index is 0.0686. The first kappa shape index (κ1) is 19.4. The molecule has 0 bridgehead atoms. The quantitative estimate of drug-likeness (QED) is 0.579. The molecule has 27 heavy (non-hydrogen) atoms. The summed E-state index contributed by atoms with van der Waals surface area (Å²) >= 11 is 0. The first-order valence-electron chi connectivity index (χ1n) is 8.65. The van der Waals surface area contributed by atoms with Crippen LogP contribution in [0, 0.1) is 5.82 Å². The Balaban J connectivity index is 2.11. The summed E-state index contributed by atoms with van der Waals surface area (Å²) in [7, 11) is 1.77. The van der Waals surface area contributed by atoms with Gasteiger partial charge in [-0.2, -0.15) is 0 Å². The van der Waals surface area contributed by atoms with E-state index < -0.39 is 15.7 Å². The predicted molar refractivity (Wildman–Crippen MR) is 104 cm³/mol. The van der Waals surface area contributed by atoms with E-state index in [9.17, 15) is 12.8 Å². The Hall–Kier alpha value is -2.38. The standard InChI is InChI=1S/C20H23FN2O3S/c1-22(2)11-4-12-23-14-20(18-13-16(26-3)7-10-19(18)23)27(24,25)17-8-5-15(21)6-9-17/h5-10,13-14H,4,11-12H2,1-3H3. The Morgan fingerprint density at radius 3 is 2.44 bits per heavy atom. The maximum Gasteiger partial charge on any atom is 0.208 e. The van der Waals surface area contributed by atoms with Crippen LogP contribution in [0.4, 0.5) is 4.39 Å². The van der Waals surface area contributed by atoms with Crippen LogP contribution < -0.4 is 4.74 Å². The molecule has 5 nitrogen and oxygen atoms in total. The molecule has 0 fully saturated rings. The third-order valence-corrected chi connectivity index (χ3v) is 6.27. The highest BCUT2D eigenvalue weighted by Gasteiger charge is 2.24. The molecular weight excluding hydrogens is 367 g/mol. The van der Waals surface area contributed by atoms with E-state index >= 15 is 0 Å². The summed E-state index contributed by atoms with van der Waals surface area (Å²) in [4.78, 5) is 2.36. The maximum atomic E-state index is 13.2. The highest BCUT2D eigenvalue weighted by atomic mass is 32.2. The van der Waals surface area contributed by atoms with Crippen LogP contribution in [0.15, 0.2) is 58.5 Å².